The SMILES string of the molecule is C1CCOC1.Cc1cccc(Cl)c1C(=O)O.Cc1cccc(Cl)c1CBr.Cc1cccc(Cl)c1CO.[2H]B=NSCF.[B].c1ccc(P(c2ccccc2)c2ccccc2)cc1. The van der Waals surface area contributed by atoms with Gasteiger partial charge in [-0.25, -0.2) is 4.79 Å². The maximum absolute atomic E-state index is 10.9. The number of carboxylic acid groups (broad SMARTS) is 1. The molecule has 0 atom stereocenters. The Hall–Kier alpha value is -3.30. The molecule has 1 aliphatic rings. The van der Waals surface area contributed by atoms with E-state index in [4.69, 9.17) is 51.1 Å². The van der Waals surface area contributed by atoms with E-state index in [9.17, 15) is 9.18 Å². The number of carbonyl (C=O) groups is 1. The molecule has 0 spiro atoms. The topological polar surface area (TPSA) is 79.1 Å². The van der Waals surface area contributed by atoms with Gasteiger partial charge < -0.3 is 14.9 Å². The predicted octanol–water partition coefficient (Wildman–Crippen LogP) is 12.5. The third-order valence-corrected chi connectivity index (χ3v) is 12.7. The largest absolute Gasteiger partial charge is 0.0622 e. The average Bonchev–Trinajstić information content (AvgIpc) is 3.86. The van der Waals surface area contributed by atoms with Crippen LogP contribution in [0.25, 0.3) is 0 Å². The van der Waals surface area contributed by atoms with Crippen LogP contribution < -0.4 is 15.9 Å². The fourth-order valence-electron chi connectivity index (χ4n) is 5.32. The first-order valence-electron chi connectivity index (χ1n) is 19.3. The van der Waals surface area contributed by atoms with Gasteiger partial charge >= 0.3 is 41.6 Å². The molecule has 2 N–H and O–H groups in total. The van der Waals surface area contributed by atoms with Gasteiger partial charge in [-0.05, 0) is 103 Å². The maximum Gasteiger partial charge on any atom is 0 e. The van der Waals surface area contributed by atoms with Crippen LogP contribution in [-0.4, -0.2) is 52.8 Å². The molecule has 3 radical (unpaired) electrons. The molecule has 0 amide bonds. The molecule has 0 aliphatic carbocycles. The van der Waals surface area contributed by atoms with Crippen LogP contribution in [0.5, 0.6) is 0 Å². The summed E-state index contributed by atoms with van der Waals surface area (Å²) in [5.41, 5.74) is 5.16. The summed E-state index contributed by atoms with van der Waals surface area (Å²) in [6, 6.07) is 48.3. The van der Waals surface area contributed by atoms with Crippen molar-refractivity contribution >= 4 is 109 Å². The van der Waals surface area contributed by atoms with Crippen LogP contribution in [0.4, 0.5) is 4.39 Å². The molecular weight excluding hydrogens is 932 g/mol. The quantitative estimate of drug-likeness (QED) is 0.0687. The number of halogens is 5. The molecule has 1 heterocycles. The van der Waals surface area contributed by atoms with Crippen molar-refractivity contribution < 1.29 is 24.1 Å². The van der Waals surface area contributed by atoms with Gasteiger partial charge in [0.05, 0.1) is 17.2 Å². The molecule has 5 nitrogen and oxygen atoms in total. The van der Waals surface area contributed by atoms with Gasteiger partial charge in [-0.3, -0.25) is 0 Å². The molecule has 61 heavy (non-hydrogen) atoms. The summed E-state index contributed by atoms with van der Waals surface area (Å²) >= 11 is 21.4. The molecule has 6 aromatic rings. The summed E-state index contributed by atoms with van der Waals surface area (Å²) in [6.45, 7) is 7.72. The van der Waals surface area contributed by atoms with E-state index in [1.807, 2.05) is 31.2 Å². The number of aryl methyl sites for hydroxylation is 3. The van der Waals surface area contributed by atoms with Gasteiger partial charge in [-0.15, -0.1) is 0 Å². The van der Waals surface area contributed by atoms with Crippen molar-refractivity contribution in [2.45, 2.75) is 45.5 Å². The standard InChI is InChI=1S/C18H15P.C8H8BrCl.C8H7ClO2.C8H9ClO.C4H8O.CH3BFNS.B/c1-4-10-16(11-5-1)19(17-12-6-2-7-13-17)18-14-8-3-9-15-18;1-6-3-2-4-8(10)7(6)5-9;1-5-3-2-4-6(9)7(5)8(10)11;1-6-3-2-4-8(9)7(6)5-10;1-2-4-5-3-1;2-4-5-1-3;/h1-15H;2-4H,5H2,1H3;2-4H,1H3,(H,10,11);2-4,10H,5H2,1H3;1-4H2;2H,1H2;/i;;;;;2D;. The summed E-state index contributed by atoms with van der Waals surface area (Å²) in [6.07, 6.45) is 2.56. The average molecular weight is 984 g/mol. The molecular formula is C47H50B2BrCl3FNO4PS. The fourth-order valence-corrected chi connectivity index (χ4v) is 9.46. The third kappa shape index (κ3) is 21.1. The van der Waals surface area contributed by atoms with Gasteiger partial charge in [0.25, 0.3) is 0 Å². The van der Waals surface area contributed by atoms with Gasteiger partial charge in [-0.2, -0.15) is 0 Å². The van der Waals surface area contributed by atoms with Crippen LogP contribution in [0.1, 0.15) is 51.0 Å². The summed E-state index contributed by atoms with van der Waals surface area (Å²) in [4.78, 5) is 10.6. The molecule has 6 aromatic carbocycles. The number of hydrogen-bond donors (Lipinski definition) is 2. The first-order chi connectivity index (χ1) is 29.5. The van der Waals surface area contributed by atoms with Crippen molar-refractivity contribution in [3.8, 4) is 0 Å². The van der Waals surface area contributed by atoms with E-state index >= 15 is 0 Å². The van der Waals surface area contributed by atoms with E-state index in [1.165, 1.54) is 39.9 Å². The third-order valence-electron chi connectivity index (χ3n) is 8.43. The zero-order valence-corrected chi connectivity index (χ0v) is 39.9. The number of aromatic carboxylic acids is 1. The molecule has 1 saturated heterocycles. The summed E-state index contributed by atoms with van der Waals surface area (Å²) in [5.74, 6) is -0.979. The first-order valence-corrected chi connectivity index (χ1v) is 23.3. The zero-order valence-electron chi connectivity index (χ0n) is 35.4. The van der Waals surface area contributed by atoms with Gasteiger partial charge in [0, 0.05) is 37.0 Å². The smallest absolute Gasteiger partial charge is 0 e. The predicted molar refractivity (Wildman–Crippen MR) is 268 cm³/mol. The summed E-state index contributed by atoms with van der Waals surface area (Å²) in [7, 11) is 0.364. The van der Waals surface area contributed by atoms with Crippen LogP contribution in [0, 0.1) is 20.8 Å². The number of alkyl halides is 2. The Labute approximate surface area is 394 Å². The van der Waals surface area contributed by atoms with Crippen LogP contribution >= 0.6 is 70.6 Å². The van der Waals surface area contributed by atoms with Gasteiger partial charge in [0.1, 0.15) is 0 Å². The minimum Gasteiger partial charge on any atom is -0.0622 e. The molecule has 0 unspecified atom stereocenters. The van der Waals surface area contributed by atoms with Crippen molar-refractivity contribution in [3.63, 3.8) is 0 Å². The maximum atomic E-state index is 10.9. The Balaban J connectivity index is 0.000000392. The Morgan fingerprint density at radius 2 is 1.13 bits per heavy atom. The Morgan fingerprint density at radius 3 is 1.38 bits per heavy atom. The number of carboxylic acids is 1. The monoisotopic (exact) mass is 981 g/mol. The fraction of sp³-hybridized carbons (Fsp3) is 0.213. The number of nitrogens with zero attached hydrogens (tertiary/aromatic N) is 1. The molecule has 7 rings (SSSR count). The van der Waals surface area contributed by atoms with Gasteiger partial charge in [-0.1, -0.05) is 178 Å². The van der Waals surface area contributed by atoms with Crippen molar-refractivity contribution in [1.29, 1.82) is 1.34 Å². The van der Waals surface area contributed by atoms with Crippen molar-refractivity contribution in [2.75, 3.05) is 19.2 Å². The van der Waals surface area contributed by atoms with Crippen molar-refractivity contribution in [1.82, 2.24) is 0 Å². The molecule has 14 heteroatoms. The number of rotatable bonds is 8. The van der Waals surface area contributed by atoms with Crippen LogP contribution in [0.15, 0.2) is 150 Å². The number of aliphatic hydroxyl groups excluding tert-OH is 1. The number of benzene rings is 6. The molecule has 1 aliphatic heterocycles. The van der Waals surface area contributed by atoms with E-state index in [0.29, 0.717) is 10.6 Å². The van der Waals surface area contributed by atoms with E-state index in [1.54, 1.807) is 31.2 Å². The summed E-state index contributed by atoms with van der Waals surface area (Å²) in [5, 5.41) is 24.3. The van der Waals surface area contributed by atoms with Crippen LogP contribution in [0.3, 0.4) is 0 Å². The van der Waals surface area contributed by atoms with Gasteiger partial charge in [0.15, 0.2) is 0 Å². The minimum atomic E-state index is -0.979. The Kier molecular flexibility index (Phi) is 29.4. The van der Waals surface area contributed by atoms with Crippen molar-refractivity contribution in [2.24, 2.45) is 4.30 Å². The number of ether oxygens (including phenoxy) is 1. The van der Waals surface area contributed by atoms with Crippen LogP contribution in [-0.2, 0) is 16.7 Å². The minimum absolute atomic E-state index is 0. The second kappa shape index (κ2) is 33.3. The Bertz CT molecular complexity index is 1960. The molecule has 0 bridgehead atoms. The van der Waals surface area contributed by atoms with Gasteiger partial charge in [0.2, 0.25) is 0 Å². The molecule has 0 saturated carbocycles. The van der Waals surface area contributed by atoms with E-state index in [-0.39, 0.29) is 25.6 Å². The van der Waals surface area contributed by atoms with E-state index in [2.05, 4.69) is 124 Å². The zero-order chi connectivity index (χ0) is 44.8. The second-order valence-electron chi connectivity index (χ2n) is 12.6. The van der Waals surface area contributed by atoms with Crippen molar-refractivity contribution in [3.05, 3.63) is 194 Å². The molecule has 0 aromatic heterocycles. The number of hydrogen-bond acceptors (Lipinski definition) is 5. The number of aliphatic hydroxyl groups is 1. The van der Waals surface area contributed by atoms with E-state index < -0.39 is 19.9 Å². The summed E-state index contributed by atoms with van der Waals surface area (Å²) < 4.78 is 25.3. The first kappa shape index (κ1) is 53.8. The molecule has 319 valence electrons. The normalized spacial score (nSPS) is 11.1. The van der Waals surface area contributed by atoms with E-state index in [0.717, 1.165) is 54.2 Å². The molecule has 1 fully saturated rings. The Morgan fingerprint density at radius 1 is 0.721 bits per heavy atom. The van der Waals surface area contributed by atoms with Crippen LogP contribution in [0.2, 0.25) is 15.1 Å². The second-order valence-corrected chi connectivity index (χ2v) is 17.3.